The Morgan fingerprint density at radius 3 is 1.35 bits per heavy atom. The van der Waals surface area contributed by atoms with Crippen molar-refractivity contribution in [2.45, 2.75) is 80.1 Å². The highest BCUT2D eigenvalue weighted by Gasteiger charge is 2.11. The van der Waals surface area contributed by atoms with Crippen LogP contribution in [0.2, 0.25) is 0 Å². The normalized spacial score (nSPS) is 11.2. The second kappa shape index (κ2) is 13.0. The molecule has 2 aromatic rings. The molecule has 2 aromatic carbocycles. The molecule has 2 rings (SSSR count). The number of nitrogens with zero attached hydrogens (tertiary/aromatic N) is 1. The second-order valence-electron chi connectivity index (χ2n) is 8.15. The summed E-state index contributed by atoms with van der Waals surface area (Å²) < 4.78 is 1.84. The van der Waals surface area contributed by atoms with Gasteiger partial charge in [-0.3, -0.25) is 0 Å². The van der Waals surface area contributed by atoms with Gasteiger partial charge in [-0.25, -0.2) is 0 Å². The van der Waals surface area contributed by atoms with Gasteiger partial charge in [0.1, 0.15) is 0 Å². The summed E-state index contributed by atoms with van der Waals surface area (Å²) in [5.41, 5.74) is 11.0. The Bertz CT molecular complexity index is 781. The summed E-state index contributed by atoms with van der Waals surface area (Å²) in [7, 11) is 0. The SMILES string of the molecule is CCc1cc(CC)c(NCCN(Cl)CNc2c(CC)cc(CC)cc2CC)c(CC)c1. The molecule has 0 atom stereocenters. The minimum Gasteiger partial charge on any atom is -0.383 e. The molecule has 0 saturated carbocycles. The van der Waals surface area contributed by atoms with Crippen LogP contribution in [-0.2, 0) is 38.5 Å². The van der Waals surface area contributed by atoms with Crippen molar-refractivity contribution in [2.75, 3.05) is 30.4 Å². The van der Waals surface area contributed by atoms with Crippen molar-refractivity contribution in [3.63, 3.8) is 0 Å². The van der Waals surface area contributed by atoms with Gasteiger partial charge in [0.2, 0.25) is 0 Å². The van der Waals surface area contributed by atoms with E-state index in [2.05, 4.69) is 76.4 Å². The molecule has 0 aliphatic rings. The molecular formula is C27H42ClN3. The van der Waals surface area contributed by atoms with Gasteiger partial charge in [-0.05, 0) is 83.7 Å². The van der Waals surface area contributed by atoms with Gasteiger partial charge < -0.3 is 10.6 Å². The van der Waals surface area contributed by atoms with Gasteiger partial charge in [0.25, 0.3) is 0 Å². The lowest BCUT2D eigenvalue weighted by atomic mass is 9.98. The third-order valence-corrected chi connectivity index (χ3v) is 6.44. The van der Waals surface area contributed by atoms with Gasteiger partial charge in [-0.1, -0.05) is 65.8 Å². The smallest absolute Gasteiger partial charge is 0.0822 e. The molecule has 0 aliphatic carbocycles. The van der Waals surface area contributed by atoms with Gasteiger partial charge in [-0.15, -0.1) is 0 Å². The number of anilines is 2. The Kier molecular flexibility index (Phi) is 10.7. The highest BCUT2D eigenvalue weighted by Crippen LogP contribution is 2.26. The van der Waals surface area contributed by atoms with Crippen molar-refractivity contribution < 1.29 is 0 Å². The van der Waals surface area contributed by atoms with Crippen molar-refractivity contribution in [3.8, 4) is 0 Å². The number of benzene rings is 2. The summed E-state index contributed by atoms with van der Waals surface area (Å²) in [6.45, 7) is 15.6. The van der Waals surface area contributed by atoms with Crippen LogP contribution in [0.25, 0.3) is 0 Å². The van der Waals surface area contributed by atoms with E-state index in [9.17, 15) is 0 Å². The standard InChI is InChI=1S/C27H42ClN3/c1-7-20-15-22(9-3)26(23(10-4)16-20)29-13-14-31(28)19-30-27-24(11-5)17-21(8-2)18-25(27)12-6/h15-18,29-30H,7-14,19H2,1-6H3. The number of hydrogen-bond acceptors (Lipinski definition) is 3. The lowest BCUT2D eigenvalue weighted by Crippen LogP contribution is -2.27. The second-order valence-corrected chi connectivity index (χ2v) is 8.63. The first-order valence-corrected chi connectivity index (χ1v) is 12.5. The average Bonchev–Trinajstić information content (AvgIpc) is 2.81. The first kappa shape index (κ1) is 25.5. The summed E-state index contributed by atoms with van der Waals surface area (Å²) in [5.74, 6) is 0. The van der Waals surface area contributed by atoms with Crippen molar-refractivity contribution in [1.29, 1.82) is 0 Å². The third-order valence-electron chi connectivity index (χ3n) is 6.15. The Balaban J connectivity index is 1.99. The molecule has 0 heterocycles. The van der Waals surface area contributed by atoms with E-state index >= 15 is 0 Å². The highest BCUT2D eigenvalue weighted by molar-refractivity contribution is 6.13. The van der Waals surface area contributed by atoms with E-state index < -0.39 is 0 Å². The fourth-order valence-electron chi connectivity index (χ4n) is 4.20. The average molecular weight is 444 g/mol. The molecular weight excluding hydrogens is 402 g/mol. The number of aryl methyl sites for hydroxylation is 6. The van der Waals surface area contributed by atoms with Crippen molar-refractivity contribution in [3.05, 3.63) is 57.6 Å². The number of hydrogen-bond donors (Lipinski definition) is 2. The predicted octanol–water partition coefficient (Wildman–Crippen LogP) is 7.00. The minimum absolute atomic E-state index is 0.630. The Hall–Kier alpha value is -1.71. The molecule has 172 valence electrons. The van der Waals surface area contributed by atoms with Crippen molar-refractivity contribution in [1.82, 2.24) is 4.42 Å². The van der Waals surface area contributed by atoms with Gasteiger partial charge >= 0.3 is 0 Å². The van der Waals surface area contributed by atoms with Crippen LogP contribution in [0.5, 0.6) is 0 Å². The zero-order valence-electron chi connectivity index (χ0n) is 20.5. The fraction of sp³-hybridized carbons (Fsp3) is 0.556. The molecule has 0 spiro atoms. The van der Waals surface area contributed by atoms with Crippen molar-refractivity contribution in [2.24, 2.45) is 0 Å². The van der Waals surface area contributed by atoms with Crippen LogP contribution in [0.15, 0.2) is 24.3 Å². The number of halogens is 1. The summed E-state index contributed by atoms with van der Waals surface area (Å²) in [6.07, 6.45) is 6.30. The summed E-state index contributed by atoms with van der Waals surface area (Å²) in [4.78, 5) is 0. The van der Waals surface area contributed by atoms with Crippen LogP contribution < -0.4 is 10.6 Å². The van der Waals surface area contributed by atoms with Gasteiger partial charge in [0.05, 0.1) is 6.67 Å². The molecule has 0 aromatic heterocycles. The molecule has 2 N–H and O–H groups in total. The van der Waals surface area contributed by atoms with Crippen LogP contribution in [0.4, 0.5) is 11.4 Å². The molecule has 0 radical (unpaired) electrons. The molecule has 31 heavy (non-hydrogen) atoms. The van der Waals surface area contributed by atoms with Gasteiger partial charge in [0.15, 0.2) is 0 Å². The highest BCUT2D eigenvalue weighted by atomic mass is 35.5. The van der Waals surface area contributed by atoms with Crippen LogP contribution in [0.1, 0.15) is 74.9 Å². The van der Waals surface area contributed by atoms with E-state index in [1.165, 1.54) is 44.8 Å². The molecule has 3 nitrogen and oxygen atoms in total. The van der Waals surface area contributed by atoms with Crippen LogP contribution in [-0.4, -0.2) is 24.2 Å². The van der Waals surface area contributed by atoms with E-state index in [0.29, 0.717) is 6.67 Å². The summed E-state index contributed by atoms with van der Waals surface area (Å²) in [6, 6.07) is 9.36. The molecule has 0 bridgehead atoms. The fourth-order valence-corrected chi connectivity index (χ4v) is 4.35. The Labute approximate surface area is 195 Å². The van der Waals surface area contributed by atoms with Crippen molar-refractivity contribution >= 4 is 23.2 Å². The lowest BCUT2D eigenvalue weighted by molar-refractivity contribution is 0.502. The topological polar surface area (TPSA) is 27.3 Å². The quantitative estimate of drug-likeness (QED) is 0.258. The van der Waals surface area contributed by atoms with Crippen LogP contribution >= 0.6 is 11.8 Å². The monoisotopic (exact) mass is 443 g/mol. The predicted molar refractivity (Wildman–Crippen MR) is 139 cm³/mol. The minimum atomic E-state index is 0.630. The third kappa shape index (κ3) is 6.89. The van der Waals surface area contributed by atoms with E-state index in [1.807, 2.05) is 4.42 Å². The molecule has 0 amide bonds. The van der Waals surface area contributed by atoms with Gasteiger partial charge in [0, 0.05) is 24.5 Å². The Morgan fingerprint density at radius 2 is 1.00 bits per heavy atom. The maximum absolute atomic E-state index is 6.57. The number of rotatable bonds is 13. The molecule has 0 saturated heterocycles. The summed E-state index contributed by atoms with van der Waals surface area (Å²) >= 11 is 6.57. The van der Waals surface area contributed by atoms with E-state index in [-0.39, 0.29) is 0 Å². The lowest BCUT2D eigenvalue weighted by Gasteiger charge is -2.22. The van der Waals surface area contributed by atoms with Crippen LogP contribution in [0, 0.1) is 0 Å². The van der Waals surface area contributed by atoms with E-state index in [0.717, 1.165) is 51.6 Å². The summed E-state index contributed by atoms with van der Waals surface area (Å²) in [5, 5.41) is 7.28. The largest absolute Gasteiger partial charge is 0.383 e. The zero-order chi connectivity index (χ0) is 22.8. The van der Waals surface area contributed by atoms with Crippen LogP contribution in [0.3, 0.4) is 0 Å². The first-order chi connectivity index (χ1) is 15.0. The van der Waals surface area contributed by atoms with Gasteiger partial charge in [-0.2, -0.15) is 4.42 Å². The maximum Gasteiger partial charge on any atom is 0.0822 e. The Morgan fingerprint density at radius 1 is 0.613 bits per heavy atom. The molecule has 4 heteroatoms. The zero-order valence-corrected chi connectivity index (χ0v) is 21.3. The molecule has 0 aliphatic heterocycles. The first-order valence-electron chi connectivity index (χ1n) is 12.2. The maximum atomic E-state index is 6.57. The molecule has 0 unspecified atom stereocenters. The van der Waals surface area contributed by atoms with E-state index in [1.54, 1.807) is 0 Å². The molecule has 0 fully saturated rings. The number of nitrogens with one attached hydrogen (secondary N) is 2. The van der Waals surface area contributed by atoms with E-state index in [4.69, 9.17) is 11.8 Å².